The van der Waals surface area contributed by atoms with E-state index in [1.807, 2.05) is 60.7 Å². The van der Waals surface area contributed by atoms with Crippen LogP contribution in [0.25, 0.3) is 0 Å². The van der Waals surface area contributed by atoms with E-state index < -0.39 is 13.4 Å². The molecule has 24 heavy (non-hydrogen) atoms. The lowest BCUT2D eigenvalue weighted by Crippen LogP contribution is -2.37. The summed E-state index contributed by atoms with van der Waals surface area (Å²) in [4.78, 5) is 0. The molecule has 0 saturated heterocycles. The molecule has 2 N–H and O–H groups in total. The molecule has 0 aromatic heterocycles. The number of benzene rings is 2. The molecule has 0 radical (unpaired) electrons. The van der Waals surface area contributed by atoms with E-state index in [0.717, 1.165) is 11.1 Å². The number of rotatable bonds is 9. The number of nitrogens with one attached hydrogen (secondary N) is 1. The predicted molar refractivity (Wildman–Crippen MR) is 95.0 cm³/mol. The first-order chi connectivity index (χ1) is 11.6. The Bertz CT molecular complexity index is 643. The third kappa shape index (κ3) is 4.76. The molecule has 0 bridgehead atoms. The lowest BCUT2D eigenvalue weighted by molar-refractivity contribution is 0.222. The minimum atomic E-state index is -3.37. The first-order valence-electron chi connectivity index (χ1n) is 7.80. The molecule has 5 nitrogen and oxygen atoms in total. The minimum Gasteiger partial charge on any atom is -0.394 e. The molecule has 6 heteroatoms. The summed E-state index contributed by atoms with van der Waals surface area (Å²) in [6, 6.07) is 18.9. The van der Waals surface area contributed by atoms with E-state index in [9.17, 15) is 9.67 Å². The van der Waals surface area contributed by atoms with Gasteiger partial charge in [-0.2, -0.15) is 0 Å². The van der Waals surface area contributed by atoms with Crippen LogP contribution in [0.1, 0.15) is 17.2 Å². The topological polar surface area (TPSA) is 67.8 Å². The van der Waals surface area contributed by atoms with Gasteiger partial charge in [0.15, 0.2) is 0 Å². The standard InChI is InChI=1S/C18H24NO4P/c1-22-24(21,23-2)18(13-15-9-5-3-6-10-15)19-17(14-20)16-11-7-4-8-12-16/h3-12,17-20H,13-14H2,1-2H3/t17-,18+/m0/s1. The fourth-order valence-corrected chi connectivity index (χ4v) is 4.06. The van der Waals surface area contributed by atoms with Gasteiger partial charge >= 0.3 is 7.60 Å². The van der Waals surface area contributed by atoms with Gasteiger partial charge in [-0.3, -0.25) is 9.88 Å². The highest BCUT2D eigenvalue weighted by molar-refractivity contribution is 7.54. The first kappa shape index (κ1) is 18.8. The average Bonchev–Trinajstić information content (AvgIpc) is 2.66. The van der Waals surface area contributed by atoms with Crippen LogP contribution >= 0.6 is 7.60 Å². The molecule has 0 saturated carbocycles. The van der Waals surface area contributed by atoms with Crippen molar-refractivity contribution in [1.29, 1.82) is 0 Å². The van der Waals surface area contributed by atoms with Gasteiger partial charge in [0.1, 0.15) is 5.78 Å². The Morgan fingerprint density at radius 3 is 2.04 bits per heavy atom. The van der Waals surface area contributed by atoms with Crippen LogP contribution in [0, 0.1) is 0 Å². The largest absolute Gasteiger partial charge is 0.394 e. The number of hydrogen-bond acceptors (Lipinski definition) is 5. The Kier molecular flexibility index (Phi) is 7.16. The Labute approximate surface area is 143 Å². The Balaban J connectivity index is 2.26. The molecule has 2 aromatic rings. The monoisotopic (exact) mass is 349 g/mol. The zero-order valence-corrected chi connectivity index (χ0v) is 14.9. The van der Waals surface area contributed by atoms with Gasteiger partial charge in [0.25, 0.3) is 0 Å². The van der Waals surface area contributed by atoms with E-state index in [-0.39, 0.29) is 12.6 Å². The minimum absolute atomic E-state index is 0.122. The SMILES string of the molecule is COP(=O)(OC)[C@H](Cc1ccccc1)N[C@@H](CO)c1ccccc1. The van der Waals surface area contributed by atoms with Crippen molar-refractivity contribution in [3.63, 3.8) is 0 Å². The van der Waals surface area contributed by atoms with Crippen LogP contribution in [-0.2, 0) is 20.0 Å². The van der Waals surface area contributed by atoms with E-state index in [1.165, 1.54) is 14.2 Å². The maximum absolute atomic E-state index is 12.9. The Morgan fingerprint density at radius 2 is 1.54 bits per heavy atom. The van der Waals surface area contributed by atoms with Gasteiger partial charge in [-0.05, 0) is 17.5 Å². The summed E-state index contributed by atoms with van der Waals surface area (Å²) in [6.45, 7) is -0.122. The molecule has 2 aromatic carbocycles. The number of aliphatic hydroxyl groups excluding tert-OH is 1. The molecular weight excluding hydrogens is 325 g/mol. The fourth-order valence-electron chi connectivity index (χ4n) is 2.60. The quantitative estimate of drug-likeness (QED) is 0.680. The van der Waals surface area contributed by atoms with E-state index in [1.54, 1.807) is 0 Å². The van der Waals surface area contributed by atoms with Crippen LogP contribution < -0.4 is 5.32 Å². The van der Waals surface area contributed by atoms with Gasteiger partial charge in [0, 0.05) is 14.2 Å². The van der Waals surface area contributed by atoms with Crippen LogP contribution in [0.4, 0.5) is 0 Å². The maximum Gasteiger partial charge on any atom is 0.347 e. The van der Waals surface area contributed by atoms with Crippen molar-refractivity contribution in [1.82, 2.24) is 5.32 Å². The second kappa shape index (κ2) is 9.11. The maximum atomic E-state index is 12.9. The molecular formula is C18H24NO4P. The zero-order valence-electron chi connectivity index (χ0n) is 14.0. The highest BCUT2D eigenvalue weighted by Gasteiger charge is 2.35. The molecule has 2 atom stereocenters. The first-order valence-corrected chi connectivity index (χ1v) is 9.41. The molecule has 0 heterocycles. The van der Waals surface area contributed by atoms with Crippen LogP contribution in [-0.4, -0.2) is 31.7 Å². The van der Waals surface area contributed by atoms with E-state index in [4.69, 9.17) is 9.05 Å². The molecule has 130 valence electrons. The normalized spacial score (nSPS) is 14.3. The molecule has 0 aliphatic carbocycles. The third-order valence-electron chi connectivity index (χ3n) is 3.94. The van der Waals surface area contributed by atoms with Crippen molar-refractivity contribution in [2.45, 2.75) is 18.2 Å². The second-order valence-electron chi connectivity index (χ2n) is 5.42. The molecule has 0 spiro atoms. The van der Waals surface area contributed by atoms with E-state index >= 15 is 0 Å². The second-order valence-corrected chi connectivity index (χ2v) is 7.86. The van der Waals surface area contributed by atoms with Gasteiger partial charge in [0.2, 0.25) is 0 Å². The summed E-state index contributed by atoms with van der Waals surface area (Å²) >= 11 is 0. The summed E-state index contributed by atoms with van der Waals surface area (Å²) in [5.74, 6) is -0.577. The zero-order chi connectivity index (χ0) is 17.4. The van der Waals surface area contributed by atoms with Gasteiger partial charge < -0.3 is 14.2 Å². The van der Waals surface area contributed by atoms with Gasteiger partial charge in [-0.15, -0.1) is 0 Å². The Hall–Kier alpha value is -1.49. The lowest BCUT2D eigenvalue weighted by Gasteiger charge is -2.29. The van der Waals surface area contributed by atoms with Crippen molar-refractivity contribution in [3.8, 4) is 0 Å². The van der Waals surface area contributed by atoms with Crippen molar-refractivity contribution in [2.75, 3.05) is 20.8 Å². The van der Waals surface area contributed by atoms with E-state index in [0.29, 0.717) is 6.42 Å². The average molecular weight is 349 g/mol. The van der Waals surface area contributed by atoms with Crippen molar-refractivity contribution >= 4 is 7.60 Å². The molecule has 0 aliphatic rings. The molecule has 0 aliphatic heterocycles. The van der Waals surface area contributed by atoms with Crippen LogP contribution in [0.3, 0.4) is 0 Å². The number of aliphatic hydroxyl groups is 1. The van der Waals surface area contributed by atoms with E-state index in [2.05, 4.69) is 5.32 Å². The van der Waals surface area contributed by atoms with Gasteiger partial charge in [-0.25, -0.2) is 0 Å². The molecule has 0 fully saturated rings. The van der Waals surface area contributed by atoms with Gasteiger partial charge in [-0.1, -0.05) is 60.7 Å². The summed E-state index contributed by atoms with van der Waals surface area (Å²) in [7, 11) is -0.616. The highest BCUT2D eigenvalue weighted by atomic mass is 31.2. The summed E-state index contributed by atoms with van der Waals surface area (Å²) in [5, 5.41) is 13.0. The summed E-state index contributed by atoms with van der Waals surface area (Å²) < 4.78 is 23.3. The summed E-state index contributed by atoms with van der Waals surface area (Å²) in [6.07, 6.45) is 0.461. The third-order valence-corrected chi connectivity index (χ3v) is 6.05. The van der Waals surface area contributed by atoms with Crippen molar-refractivity contribution in [2.24, 2.45) is 0 Å². The smallest absolute Gasteiger partial charge is 0.347 e. The predicted octanol–water partition coefficient (Wildman–Crippen LogP) is 3.36. The van der Waals surface area contributed by atoms with Crippen molar-refractivity contribution < 1.29 is 18.7 Å². The molecule has 0 amide bonds. The van der Waals surface area contributed by atoms with Crippen LogP contribution in [0.5, 0.6) is 0 Å². The van der Waals surface area contributed by atoms with Crippen molar-refractivity contribution in [3.05, 3.63) is 71.8 Å². The van der Waals surface area contributed by atoms with Crippen LogP contribution in [0.15, 0.2) is 60.7 Å². The van der Waals surface area contributed by atoms with Crippen LogP contribution in [0.2, 0.25) is 0 Å². The lowest BCUT2D eigenvalue weighted by atomic mass is 10.1. The molecule has 2 rings (SSSR count). The molecule has 0 unspecified atom stereocenters. The Morgan fingerprint density at radius 1 is 1.00 bits per heavy atom. The fraction of sp³-hybridized carbons (Fsp3) is 0.333. The highest BCUT2D eigenvalue weighted by Crippen LogP contribution is 2.52. The summed E-state index contributed by atoms with van der Waals surface area (Å²) in [5.41, 5.74) is 1.92. The van der Waals surface area contributed by atoms with Gasteiger partial charge in [0.05, 0.1) is 12.6 Å². The number of hydrogen-bond donors (Lipinski definition) is 2.